The van der Waals surface area contributed by atoms with E-state index in [9.17, 15) is 14.7 Å². The number of phenolic OH excluding ortho intramolecular Hbond substituents is 1. The molecule has 1 aromatic rings. The van der Waals surface area contributed by atoms with Crippen LogP contribution in [0.2, 0.25) is 0 Å². The number of nitrogens with one attached hydrogen (secondary N) is 1. The fraction of sp³-hybridized carbons (Fsp3) is 0.556. The maximum absolute atomic E-state index is 11.7. The van der Waals surface area contributed by atoms with E-state index in [0.717, 1.165) is 5.56 Å². The molecule has 1 aromatic carbocycles. The molecule has 0 atom stereocenters. The van der Waals surface area contributed by atoms with Crippen molar-refractivity contribution < 1.29 is 28.9 Å². The fourth-order valence-electron chi connectivity index (χ4n) is 1.78. The van der Waals surface area contributed by atoms with Gasteiger partial charge in [-0.2, -0.15) is 0 Å². The smallest absolute Gasteiger partial charge is 0.504 e. The third-order valence-electron chi connectivity index (χ3n) is 2.69. The molecule has 0 aliphatic heterocycles. The highest BCUT2D eigenvalue weighted by atomic mass is 16.7. The van der Waals surface area contributed by atoms with E-state index < -0.39 is 23.5 Å². The lowest BCUT2D eigenvalue weighted by molar-refractivity contribution is 0.0200. The summed E-state index contributed by atoms with van der Waals surface area (Å²) in [5.41, 5.74) is -0.481. The maximum atomic E-state index is 11.7. The quantitative estimate of drug-likeness (QED) is 0.632. The summed E-state index contributed by atoms with van der Waals surface area (Å²) < 4.78 is 15.2. The maximum Gasteiger partial charge on any atom is 0.514 e. The zero-order valence-corrected chi connectivity index (χ0v) is 15.6. The summed E-state index contributed by atoms with van der Waals surface area (Å²) in [5, 5.41) is 12.4. The van der Waals surface area contributed by atoms with Gasteiger partial charge in [0.25, 0.3) is 0 Å². The molecule has 2 N–H and O–H groups in total. The van der Waals surface area contributed by atoms with Gasteiger partial charge >= 0.3 is 12.2 Å². The van der Waals surface area contributed by atoms with E-state index in [1.807, 2.05) is 0 Å². The fourth-order valence-corrected chi connectivity index (χ4v) is 1.78. The highest BCUT2D eigenvalue weighted by Crippen LogP contribution is 2.28. The van der Waals surface area contributed by atoms with Gasteiger partial charge in [-0.15, -0.1) is 0 Å². The number of aromatic hydroxyl groups is 1. The van der Waals surface area contributed by atoms with Crippen LogP contribution < -0.4 is 10.1 Å². The number of phenols is 1. The Morgan fingerprint density at radius 2 is 1.64 bits per heavy atom. The molecule has 0 bridgehead atoms. The first-order chi connectivity index (χ1) is 11.4. The van der Waals surface area contributed by atoms with Crippen LogP contribution in [0.1, 0.15) is 47.1 Å². The Morgan fingerprint density at radius 1 is 1.04 bits per heavy atom. The number of benzene rings is 1. The molecule has 7 nitrogen and oxygen atoms in total. The van der Waals surface area contributed by atoms with Crippen LogP contribution in [0.5, 0.6) is 11.5 Å². The summed E-state index contributed by atoms with van der Waals surface area (Å²) in [6.45, 7) is 10.8. The molecule has 0 spiro atoms. The molecule has 0 fully saturated rings. The molecule has 7 heteroatoms. The van der Waals surface area contributed by atoms with Crippen LogP contribution in [0.3, 0.4) is 0 Å². The molecule has 0 aliphatic carbocycles. The van der Waals surface area contributed by atoms with Crippen LogP contribution >= 0.6 is 0 Å². The molecular formula is C18H27NO6. The topological polar surface area (TPSA) is 94.1 Å². The lowest BCUT2D eigenvalue weighted by atomic mass is 10.1. The number of amides is 1. The van der Waals surface area contributed by atoms with Crippen molar-refractivity contribution in [1.82, 2.24) is 5.32 Å². The summed E-state index contributed by atoms with van der Waals surface area (Å²) >= 11 is 0. The second kappa shape index (κ2) is 8.09. The third-order valence-corrected chi connectivity index (χ3v) is 2.69. The number of hydrogen-bond acceptors (Lipinski definition) is 6. The number of ether oxygens (including phenoxy) is 3. The van der Waals surface area contributed by atoms with Crippen molar-refractivity contribution in [3.8, 4) is 11.5 Å². The second-order valence-electron chi connectivity index (χ2n) is 7.55. The largest absolute Gasteiger partial charge is 0.514 e. The van der Waals surface area contributed by atoms with Gasteiger partial charge in [0.05, 0.1) is 0 Å². The molecule has 0 heterocycles. The summed E-state index contributed by atoms with van der Waals surface area (Å²) in [5.74, 6) is -0.168. The summed E-state index contributed by atoms with van der Waals surface area (Å²) in [6.07, 6.45) is -0.923. The van der Waals surface area contributed by atoms with Crippen LogP contribution in [0, 0.1) is 0 Å². The van der Waals surface area contributed by atoms with Gasteiger partial charge in [0, 0.05) is 6.54 Å². The van der Waals surface area contributed by atoms with Gasteiger partial charge < -0.3 is 24.6 Å². The van der Waals surface area contributed by atoms with E-state index in [1.165, 1.54) is 12.1 Å². The number of carbonyl (C=O) groups excluding carboxylic acids is 2. The lowest BCUT2D eigenvalue weighted by Gasteiger charge is -2.20. The number of alkyl carbamates (subject to hydrolysis) is 1. The van der Waals surface area contributed by atoms with Crippen molar-refractivity contribution >= 4 is 12.2 Å². The zero-order valence-electron chi connectivity index (χ0n) is 15.6. The Morgan fingerprint density at radius 3 is 2.20 bits per heavy atom. The predicted octanol–water partition coefficient (Wildman–Crippen LogP) is 3.77. The number of hydrogen-bond donors (Lipinski definition) is 2. The molecule has 0 unspecified atom stereocenters. The zero-order chi connectivity index (χ0) is 19.3. The molecule has 0 radical (unpaired) electrons. The van der Waals surface area contributed by atoms with Crippen LogP contribution in [0.4, 0.5) is 9.59 Å². The second-order valence-corrected chi connectivity index (χ2v) is 7.55. The Balaban J connectivity index is 2.60. The number of carbonyl (C=O) groups is 2. The van der Waals surface area contributed by atoms with Gasteiger partial charge in [0.15, 0.2) is 11.5 Å². The van der Waals surface area contributed by atoms with Crippen LogP contribution in [0.15, 0.2) is 18.2 Å². The van der Waals surface area contributed by atoms with E-state index in [0.29, 0.717) is 13.0 Å². The van der Waals surface area contributed by atoms with E-state index >= 15 is 0 Å². The highest BCUT2D eigenvalue weighted by molar-refractivity contribution is 5.67. The van der Waals surface area contributed by atoms with Crippen molar-refractivity contribution in [1.29, 1.82) is 0 Å². The molecule has 0 aliphatic rings. The Hall–Kier alpha value is -2.44. The minimum absolute atomic E-state index is 0.00372. The average molecular weight is 353 g/mol. The van der Waals surface area contributed by atoms with E-state index in [4.69, 9.17) is 14.2 Å². The van der Waals surface area contributed by atoms with Crippen molar-refractivity contribution in [3.63, 3.8) is 0 Å². The van der Waals surface area contributed by atoms with Gasteiger partial charge in [-0.25, -0.2) is 9.59 Å². The first kappa shape index (κ1) is 20.6. The first-order valence-corrected chi connectivity index (χ1v) is 8.05. The molecule has 1 amide bonds. The molecule has 25 heavy (non-hydrogen) atoms. The van der Waals surface area contributed by atoms with Crippen LogP contribution in [-0.4, -0.2) is 35.1 Å². The van der Waals surface area contributed by atoms with Gasteiger partial charge in [-0.05, 0) is 65.7 Å². The molecule has 0 aromatic heterocycles. The van der Waals surface area contributed by atoms with Crippen molar-refractivity contribution in [2.24, 2.45) is 0 Å². The molecule has 1 rings (SSSR count). The van der Waals surface area contributed by atoms with Gasteiger partial charge in [-0.1, -0.05) is 6.07 Å². The van der Waals surface area contributed by atoms with E-state index in [-0.39, 0.29) is 11.5 Å². The van der Waals surface area contributed by atoms with Crippen molar-refractivity contribution in [2.75, 3.05) is 6.54 Å². The highest BCUT2D eigenvalue weighted by Gasteiger charge is 2.19. The average Bonchev–Trinajstić information content (AvgIpc) is 2.38. The van der Waals surface area contributed by atoms with Gasteiger partial charge in [0.2, 0.25) is 0 Å². The standard InChI is InChI=1S/C18H27NO6/c1-17(2,3)24-15(21)19-10-9-12-7-8-13(20)14(11-12)23-16(22)25-18(4,5)6/h7-8,11,20H,9-10H2,1-6H3,(H,19,21). The normalized spacial score (nSPS) is 11.6. The lowest BCUT2D eigenvalue weighted by Crippen LogP contribution is -2.33. The number of rotatable bonds is 4. The SMILES string of the molecule is CC(C)(C)OC(=O)NCCc1ccc(O)c(OC(=O)OC(C)(C)C)c1. The van der Waals surface area contributed by atoms with Gasteiger partial charge in [-0.3, -0.25) is 0 Å². The summed E-state index contributed by atoms with van der Waals surface area (Å²) in [4.78, 5) is 23.3. The van der Waals surface area contributed by atoms with Crippen LogP contribution in [-0.2, 0) is 15.9 Å². The van der Waals surface area contributed by atoms with Crippen molar-refractivity contribution in [2.45, 2.75) is 59.2 Å². The third kappa shape index (κ3) is 8.83. The molecule has 0 saturated carbocycles. The summed E-state index contributed by atoms with van der Waals surface area (Å²) in [6, 6.07) is 4.62. The molecular weight excluding hydrogens is 326 g/mol. The Bertz CT molecular complexity index is 613. The minimum Gasteiger partial charge on any atom is -0.504 e. The van der Waals surface area contributed by atoms with Crippen LogP contribution in [0.25, 0.3) is 0 Å². The van der Waals surface area contributed by atoms with E-state index in [1.54, 1.807) is 47.6 Å². The molecule has 0 saturated heterocycles. The van der Waals surface area contributed by atoms with Gasteiger partial charge in [0.1, 0.15) is 11.2 Å². The monoisotopic (exact) mass is 353 g/mol. The Kier molecular flexibility index (Phi) is 6.67. The Labute approximate surface area is 148 Å². The predicted molar refractivity (Wildman–Crippen MR) is 92.9 cm³/mol. The first-order valence-electron chi connectivity index (χ1n) is 8.05. The summed E-state index contributed by atoms with van der Waals surface area (Å²) in [7, 11) is 0. The van der Waals surface area contributed by atoms with Crippen molar-refractivity contribution in [3.05, 3.63) is 23.8 Å². The van der Waals surface area contributed by atoms with E-state index in [2.05, 4.69) is 5.32 Å². The molecule has 140 valence electrons. The minimum atomic E-state index is -0.896.